The Balaban J connectivity index is 2.82. The van der Waals surface area contributed by atoms with Gasteiger partial charge in [0.05, 0.1) is 0 Å². The Labute approximate surface area is 83.3 Å². The summed E-state index contributed by atoms with van der Waals surface area (Å²) >= 11 is 0. The van der Waals surface area contributed by atoms with Gasteiger partial charge in [0.25, 0.3) is 0 Å². The van der Waals surface area contributed by atoms with Gasteiger partial charge in [-0.1, -0.05) is 6.08 Å². The molecule has 0 aliphatic rings. The maximum atomic E-state index is 10.8. The summed E-state index contributed by atoms with van der Waals surface area (Å²) in [4.78, 5) is 20.5. The lowest BCUT2D eigenvalue weighted by Crippen LogP contribution is -2.11. The zero-order valence-electron chi connectivity index (χ0n) is 8.34. The predicted molar refractivity (Wildman–Crippen MR) is 54.6 cm³/mol. The molecule has 0 aliphatic heterocycles. The van der Waals surface area contributed by atoms with E-state index in [2.05, 4.69) is 9.97 Å². The monoisotopic (exact) mass is 191 g/mol. The van der Waals surface area contributed by atoms with Gasteiger partial charge in [0.1, 0.15) is 12.6 Å². The Morgan fingerprint density at radius 2 is 2.07 bits per heavy atom. The smallest absolute Gasteiger partial charge is 0.150 e. The lowest BCUT2D eigenvalue weighted by Gasteiger charge is -2.05. The number of aldehydes is 1. The van der Waals surface area contributed by atoms with Crippen molar-refractivity contribution in [2.45, 2.75) is 0 Å². The van der Waals surface area contributed by atoms with Gasteiger partial charge in [-0.05, 0) is 14.1 Å². The summed E-state index contributed by atoms with van der Waals surface area (Å²) in [5.41, 5.74) is 1.38. The second-order valence-electron chi connectivity index (χ2n) is 3.17. The summed E-state index contributed by atoms with van der Waals surface area (Å²) in [6, 6.07) is 0. The van der Waals surface area contributed by atoms with Crippen molar-refractivity contribution in [3.63, 3.8) is 0 Å². The van der Waals surface area contributed by atoms with Crippen LogP contribution in [0.15, 0.2) is 24.8 Å². The number of allylic oxidation sites excluding steroid dienone is 1. The molecular formula is C10H13N3O. The van der Waals surface area contributed by atoms with E-state index in [4.69, 9.17) is 0 Å². The average Bonchev–Trinajstić information content (AvgIpc) is 2.20. The Kier molecular flexibility index (Phi) is 3.94. The minimum absolute atomic E-state index is 0.624. The van der Waals surface area contributed by atoms with E-state index in [0.717, 1.165) is 18.4 Å². The molecule has 0 saturated heterocycles. The van der Waals surface area contributed by atoms with E-state index in [9.17, 15) is 4.79 Å². The van der Waals surface area contributed by atoms with Gasteiger partial charge in [-0.15, -0.1) is 0 Å². The van der Waals surface area contributed by atoms with E-state index < -0.39 is 0 Å². The van der Waals surface area contributed by atoms with Crippen LogP contribution in [0.3, 0.4) is 0 Å². The van der Waals surface area contributed by atoms with Gasteiger partial charge in [0, 0.05) is 30.1 Å². The molecule has 0 bridgehead atoms. The molecule has 0 saturated carbocycles. The van der Waals surface area contributed by atoms with E-state index in [0.29, 0.717) is 5.57 Å². The zero-order valence-corrected chi connectivity index (χ0v) is 8.34. The van der Waals surface area contributed by atoms with Gasteiger partial charge in [0.2, 0.25) is 0 Å². The highest BCUT2D eigenvalue weighted by Gasteiger charge is 1.99. The largest absolute Gasteiger partial charge is 0.306 e. The van der Waals surface area contributed by atoms with Gasteiger partial charge >= 0.3 is 0 Å². The third-order valence-corrected chi connectivity index (χ3v) is 1.70. The molecule has 0 aliphatic carbocycles. The molecule has 74 valence electrons. The summed E-state index contributed by atoms with van der Waals surface area (Å²) in [5.74, 6) is 0. The molecule has 1 aromatic rings. The molecule has 1 heterocycles. The molecule has 0 atom stereocenters. The molecule has 0 amide bonds. The highest BCUT2D eigenvalue weighted by Crippen LogP contribution is 2.08. The van der Waals surface area contributed by atoms with Crippen molar-refractivity contribution >= 4 is 11.9 Å². The fourth-order valence-corrected chi connectivity index (χ4v) is 0.963. The fourth-order valence-electron chi connectivity index (χ4n) is 0.963. The molecule has 0 N–H and O–H groups in total. The molecule has 0 fully saturated rings. The second-order valence-corrected chi connectivity index (χ2v) is 3.17. The molecule has 1 rings (SSSR count). The van der Waals surface area contributed by atoms with Crippen LogP contribution >= 0.6 is 0 Å². The summed E-state index contributed by atoms with van der Waals surface area (Å²) < 4.78 is 0. The van der Waals surface area contributed by atoms with Crippen LogP contribution in [0.1, 0.15) is 5.56 Å². The fraction of sp³-hybridized carbons (Fsp3) is 0.300. The summed E-state index contributed by atoms with van der Waals surface area (Å²) in [5, 5.41) is 0. The van der Waals surface area contributed by atoms with Crippen LogP contribution in [0.4, 0.5) is 0 Å². The van der Waals surface area contributed by atoms with Crippen molar-refractivity contribution in [2.75, 3.05) is 20.6 Å². The van der Waals surface area contributed by atoms with E-state index in [-0.39, 0.29) is 0 Å². The molecule has 1 aromatic heterocycles. The first-order chi connectivity index (χ1) is 6.74. The number of hydrogen-bond acceptors (Lipinski definition) is 4. The quantitative estimate of drug-likeness (QED) is 0.517. The topological polar surface area (TPSA) is 46.1 Å². The van der Waals surface area contributed by atoms with Crippen LogP contribution in [0.25, 0.3) is 5.57 Å². The van der Waals surface area contributed by atoms with E-state index in [1.165, 1.54) is 6.33 Å². The number of carbonyl (C=O) groups is 1. The molecule has 4 heteroatoms. The SMILES string of the molecule is CN(C)CC=C(C=O)c1cncnc1. The minimum atomic E-state index is 0.624. The highest BCUT2D eigenvalue weighted by atomic mass is 16.1. The normalized spacial score (nSPS) is 11.8. The van der Waals surface area contributed by atoms with Gasteiger partial charge in [-0.25, -0.2) is 9.97 Å². The molecule has 14 heavy (non-hydrogen) atoms. The van der Waals surface area contributed by atoms with Crippen molar-refractivity contribution in [3.05, 3.63) is 30.4 Å². The van der Waals surface area contributed by atoms with Gasteiger partial charge in [0.15, 0.2) is 0 Å². The predicted octanol–water partition coefficient (Wildman–Crippen LogP) is 0.620. The van der Waals surface area contributed by atoms with Gasteiger partial charge in [-0.2, -0.15) is 0 Å². The van der Waals surface area contributed by atoms with E-state index in [1.807, 2.05) is 25.1 Å². The molecule has 0 aromatic carbocycles. The summed E-state index contributed by atoms with van der Waals surface area (Å²) in [6.07, 6.45) is 7.37. The Hall–Kier alpha value is -1.55. The summed E-state index contributed by atoms with van der Waals surface area (Å²) in [7, 11) is 3.89. The van der Waals surface area contributed by atoms with E-state index in [1.54, 1.807) is 12.4 Å². The Morgan fingerprint density at radius 3 is 2.57 bits per heavy atom. The Bertz CT molecular complexity index is 319. The van der Waals surface area contributed by atoms with Crippen molar-refractivity contribution < 1.29 is 4.79 Å². The second kappa shape index (κ2) is 5.24. The standard InChI is InChI=1S/C10H13N3O/c1-13(2)4-3-9(7-14)10-5-11-8-12-6-10/h3,5-8H,4H2,1-2H3. The number of aromatic nitrogens is 2. The van der Waals surface area contributed by atoms with Crippen LogP contribution in [0.5, 0.6) is 0 Å². The number of nitrogens with zero attached hydrogens (tertiary/aromatic N) is 3. The molecular weight excluding hydrogens is 178 g/mol. The van der Waals surface area contributed by atoms with Crippen LogP contribution in [0.2, 0.25) is 0 Å². The molecule has 4 nitrogen and oxygen atoms in total. The number of likely N-dealkylation sites (N-methyl/N-ethyl adjacent to an activating group) is 1. The summed E-state index contributed by atoms with van der Waals surface area (Å²) in [6.45, 7) is 0.725. The lowest BCUT2D eigenvalue weighted by atomic mass is 10.1. The van der Waals surface area contributed by atoms with Crippen molar-refractivity contribution in [2.24, 2.45) is 0 Å². The first-order valence-electron chi connectivity index (χ1n) is 4.29. The zero-order chi connectivity index (χ0) is 10.4. The van der Waals surface area contributed by atoms with Crippen molar-refractivity contribution in [1.29, 1.82) is 0 Å². The average molecular weight is 191 g/mol. The third-order valence-electron chi connectivity index (χ3n) is 1.70. The number of hydrogen-bond donors (Lipinski definition) is 0. The van der Waals surface area contributed by atoms with Crippen LogP contribution in [0, 0.1) is 0 Å². The molecule has 0 radical (unpaired) electrons. The van der Waals surface area contributed by atoms with Crippen molar-refractivity contribution in [1.82, 2.24) is 14.9 Å². The van der Waals surface area contributed by atoms with Crippen LogP contribution in [-0.2, 0) is 4.79 Å². The first-order valence-corrected chi connectivity index (χ1v) is 4.29. The third kappa shape index (κ3) is 3.06. The van der Waals surface area contributed by atoms with Gasteiger partial charge < -0.3 is 4.90 Å². The minimum Gasteiger partial charge on any atom is -0.306 e. The maximum absolute atomic E-state index is 10.8. The Morgan fingerprint density at radius 1 is 1.43 bits per heavy atom. The number of carbonyl (C=O) groups excluding carboxylic acids is 1. The maximum Gasteiger partial charge on any atom is 0.150 e. The van der Waals surface area contributed by atoms with Crippen molar-refractivity contribution in [3.8, 4) is 0 Å². The lowest BCUT2D eigenvalue weighted by molar-refractivity contribution is -0.103. The molecule has 0 spiro atoms. The van der Waals surface area contributed by atoms with Crippen LogP contribution < -0.4 is 0 Å². The van der Waals surface area contributed by atoms with Crippen LogP contribution in [-0.4, -0.2) is 41.8 Å². The number of rotatable bonds is 4. The molecule has 0 unspecified atom stereocenters. The van der Waals surface area contributed by atoms with E-state index >= 15 is 0 Å². The van der Waals surface area contributed by atoms with Gasteiger partial charge in [-0.3, -0.25) is 4.79 Å². The highest BCUT2D eigenvalue weighted by molar-refractivity contribution is 6.06. The first kappa shape index (κ1) is 10.5.